The third-order valence-electron chi connectivity index (χ3n) is 6.90. The SMILES string of the molecule is Cc1nn(-c2ccccc2)c2sc(C(=O)N3CCN(CC(=O)N4CCCCC4C)CC3)cc12. The van der Waals surface area contributed by atoms with Crippen molar-refractivity contribution in [2.24, 2.45) is 0 Å². The Hall–Kier alpha value is -2.71. The summed E-state index contributed by atoms with van der Waals surface area (Å²) in [5, 5.41) is 5.71. The maximum atomic E-state index is 13.3. The highest BCUT2D eigenvalue weighted by atomic mass is 32.1. The Kier molecular flexibility index (Phi) is 6.21. The summed E-state index contributed by atoms with van der Waals surface area (Å²) in [5.74, 6) is 0.304. The molecule has 1 atom stereocenters. The van der Waals surface area contributed by atoms with Crippen molar-refractivity contribution >= 4 is 33.4 Å². The third kappa shape index (κ3) is 4.42. The second-order valence-electron chi connectivity index (χ2n) is 9.16. The fourth-order valence-electron chi connectivity index (χ4n) is 4.91. The van der Waals surface area contributed by atoms with E-state index in [9.17, 15) is 9.59 Å². The minimum Gasteiger partial charge on any atom is -0.339 e. The molecule has 0 bridgehead atoms. The Morgan fingerprint density at radius 1 is 1.06 bits per heavy atom. The molecule has 5 rings (SSSR count). The molecule has 0 N–H and O–H groups in total. The molecule has 0 saturated carbocycles. The van der Waals surface area contributed by atoms with E-state index in [1.165, 1.54) is 17.8 Å². The molecule has 0 aliphatic carbocycles. The quantitative estimate of drug-likeness (QED) is 0.591. The lowest BCUT2D eigenvalue weighted by Gasteiger charge is -2.38. The highest BCUT2D eigenvalue weighted by molar-refractivity contribution is 7.20. The van der Waals surface area contributed by atoms with E-state index in [1.54, 1.807) is 0 Å². The van der Waals surface area contributed by atoms with Crippen molar-refractivity contribution < 1.29 is 9.59 Å². The van der Waals surface area contributed by atoms with Crippen molar-refractivity contribution in [1.82, 2.24) is 24.5 Å². The Balaban J connectivity index is 1.23. The van der Waals surface area contributed by atoms with E-state index < -0.39 is 0 Å². The number of likely N-dealkylation sites (tertiary alicyclic amines) is 1. The van der Waals surface area contributed by atoms with Gasteiger partial charge < -0.3 is 9.80 Å². The molecule has 3 aromatic rings. The lowest BCUT2D eigenvalue weighted by atomic mass is 10.0. The summed E-state index contributed by atoms with van der Waals surface area (Å²) in [6, 6.07) is 12.4. The number of fused-ring (bicyclic) bond motifs is 1. The summed E-state index contributed by atoms with van der Waals surface area (Å²) in [6.45, 7) is 8.26. The molecule has 174 valence electrons. The molecule has 8 heteroatoms. The van der Waals surface area contributed by atoms with Crippen LogP contribution in [-0.2, 0) is 4.79 Å². The number of piperazine rings is 1. The van der Waals surface area contributed by atoms with Crippen LogP contribution in [0, 0.1) is 6.92 Å². The van der Waals surface area contributed by atoms with Crippen molar-refractivity contribution in [2.75, 3.05) is 39.3 Å². The van der Waals surface area contributed by atoms with Crippen LogP contribution in [0.15, 0.2) is 36.4 Å². The molecule has 2 saturated heterocycles. The molecule has 2 aliphatic rings. The summed E-state index contributed by atoms with van der Waals surface area (Å²) in [4.78, 5) is 33.9. The number of piperidine rings is 1. The second kappa shape index (κ2) is 9.27. The predicted octanol–water partition coefficient (Wildman–Crippen LogP) is 3.55. The zero-order valence-corrected chi connectivity index (χ0v) is 20.2. The van der Waals surface area contributed by atoms with Gasteiger partial charge in [-0.2, -0.15) is 5.10 Å². The maximum Gasteiger partial charge on any atom is 0.264 e. The van der Waals surface area contributed by atoms with Gasteiger partial charge in [-0.1, -0.05) is 18.2 Å². The molecular weight excluding hydrogens is 434 g/mol. The number of rotatable bonds is 4. The largest absolute Gasteiger partial charge is 0.339 e. The molecule has 7 nitrogen and oxygen atoms in total. The summed E-state index contributed by atoms with van der Waals surface area (Å²) in [7, 11) is 0. The summed E-state index contributed by atoms with van der Waals surface area (Å²) < 4.78 is 1.93. The number of aromatic nitrogens is 2. The first-order chi connectivity index (χ1) is 16.0. The Labute approximate surface area is 198 Å². The molecular formula is C25H31N5O2S. The highest BCUT2D eigenvalue weighted by Gasteiger charge is 2.28. The van der Waals surface area contributed by atoms with Gasteiger partial charge in [0.15, 0.2) is 0 Å². The van der Waals surface area contributed by atoms with Crippen molar-refractivity contribution in [3.05, 3.63) is 47.0 Å². The van der Waals surface area contributed by atoms with E-state index in [4.69, 9.17) is 0 Å². The molecule has 1 aromatic carbocycles. The Morgan fingerprint density at radius 3 is 2.55 bits per heavy atom. The first-order valence-corrected chi connectivity index (χ1v) is 12.7. The predicted molar refractivity (Wildman–Crippen MR) is 131 cm³/mol. The number of nitrogens with zero attached hydrogens (tertiary/aromatic N) is 5. The highest BCUT2D eigenvalue weighted by Crippen LogP contribution is 2.31. The normalized spacial score (nSPS) is 19.9. The number of benzene rings is 1. The molecule has 2 aromatic heterocycles. The van der Waals surface area contributed by atoms with Crippen LogP contribution >= 0.6 is 11.3 Å². The number of thiophene rings is 1. The maximum absolute atomic E-state index is 13.3. The molecule has 2 fully saturated rings. The van der Waals surface area contributed by atoms with Crippen LogP contribution in [-0.4, -0.2) is 81.6 Å². The van der Waals surface area contributed by atoms with E-state index in [0.717, 1.165) is 59.0 Å². The number of amides is 2. The van der Waals surface area contributed by atoms with E-state index in [-0.39, 0.29) is 11.8 Å². The standard InChI is InChI=1S/C25H31N5O2S/c1-18-8-6-7-11-29(18)23(31)17-27-12-14-28(15-13-27)24(32)22-16-21-19(2)26-30(25(21)33-22)20-9-4-3-5-10-20/h3-5,9-10,16,18H,6-8,11-15,17H2,1-2H3. The lowest BCUT2D eigenvalue weighted by molar-refractivity contribution is -0.136. The topological polar surface area (TPSA) is 61.7 Å². The summed E-state index contributed by atoms with van der Waals surface area (Å²) >= 11 is 1.51. The number of carbonyl (C=O) groups is 2. The van der Waals surface area contributed by atoms with Gasteiger partial charge in [0.25, 0.3) is 5.91 Å². The van der Waals surface area contributed by atoms with Crippen molar-refractivity contribution in [2.45, 2.75) is 39.2 Å². The number of aryl methyl sites for hydroxylation is 1. The van der Waals surface area contributed by atoms with Gasteiger partial charge in [-0.25, -0.2) is 4.68 Å². The zero-order valence-electron chi connectivity index (χ0n) is 19.4. The van der Waals surface area contributed by atoms with Crippen LogP contribution in [0.2, 0.25) is 0 Å². The molecule has 4 heterocycles. The minimum atomic E-state index is 0.0749. The Morgan fingerprint density at radius 2 is 1.82 bits per heavy atom. The Bertz CT molecular complexity index is 1150. The number of hydrogen-bond donors (Lipinski definition) is 0. The molecule has 0 spiro atoms. The second-order valence-corrected chi connectivity index (χ2v) is 10.2. The van der Waals surface area contributed by atoms with Crippen LogP contribution in [0.3, 0.4) is 0 Å². The van der Waals surface area contributed by atoms with Gasteiger partial charge in [0.2, 0.25) is 5.91 Å². The average molecular weight is 466 g/mol. The van der Waals surface area contributed by atoms with Crippen LogP contribution in [0.1, 0.15) is 41.6 Å². The molecule has 0 radical (unpaired) electrons. The van der Waals surface area contributed by atoms with Crippen LogP contribution in [0.25, 0.3) is 15.9 Å². The lowest BCUT2D eigenvalue weighted by Crippen LogP contribution is -2.53. The van der Waals surface area contributed by atoms with Gasteiger partial charge in [-0.3, -0.25) is 14.5 Å². The van der Waals surface area contributed by atoms with Crippen molar-refractivity contribution in [1.29, 1.82) is 0 Å². The number of hydrogen-bond acceptors (Lipinski definition) is 5. The fraction of sp³-hybridized carbons (Fsp3) is 0.480. The number of carbonyl (C=O) groups excluding carboxylic acids is 2. The van der Waals surface area contributed by atoms with Gasteiger partial charge >= 0.3 is 0 Å². The van der Waals surface area contributed by atoms with Crippen LogP contribution < -0.4 is 0 Å². The van der Waals surface area contributed by atoms with E-state index in [1.807, 2.05) is 57.8 Å². The fourth-order valence-corrected chi connectivity index (χ4v) is 6.06. The van der Waals surface area contributed by atoms with Gasteiger partial charge in [0.05, 0.1) is 22.8 Å². The van der Waals surface area contributed by atoms with Gasteiger partial charge in [-0.05, 0) is 51.3 Å². The van der Waals surface area contributed by atoms with E-state index >= 15 is 0 Å². The van der Waals surface area contributed by atoms with Gasteiger partial charge in [-0.15, -0.1) is 11.3 Å². The minimum absolute atomic E-state index is 0.0749. The van der Waals surface area contributed by atoms with Crippen LogP contribution in [0.4, 0.5) is 0 Å². The average Bonchev–Trinajstić information content (AvgIpc) is 3.40. The molecule has 2 aliphatic heterocycles. The first-order valence-electron chi connectivity index (χ1n) is 11.9. The van der Waals surface area contributed by atoms with Crippen LogP contribution in [0.5, 0.6) is 0 Å². The monoisotopic (exact) mass is 465 g/mol. The molecule has 1 unspecified atom stereocenters. The summed E-state index contributed by atoms with van der Waals surface area (Å²) in [6.07, 6.45) is 3.42. The van der Waals surface area contributed by atoms with Gasteiger partial charge in [0, 0.05) is 44.2 Å². The zero-order chi connectivity index (χ0) is 22.9. The van der Waals surface area contributed by atoms with Gasteiger partial charge in [0.1, 0.15) is 4.83 Å². The number of para-hydroxylation sites is 1. The van der Waals surface area contributed by atoms with Crippen molar-refractivity contribution in [3.63, 3.8) is 0 Å². The van der Waals surface area contributed by atoms with E-state index in [2.05, 4.69) is 16.9 Å². The smallest absolute Gasteiger partial charge is 0.264 e. The summed E-state index contributed by atoms with van der Waals surface area (Å²) in [5.41, 5.74) is 1.93. The first kappa shape index (κ1) is 22.1. The van der Waals surface area contributed by atoms with E-state index in [0.29, 0.717) is 25.7 Å². The molecule has 33 heavy (non-hydrogen) atoms. The third-order valence-corrected chi connectivity index (χ3v) is 8.00. The molecule has 2 amide bonds. The van der Waals surface area contributed by atoms with Crippen molar-refractivity contribution in [3.8, 4) is 5.69 Å².